The van der Waals surface area contributed by atoms with Crippen LogP contribution in [0.4, 0.5) is 18.0 Å². The molecular formula is C13H17F3N2O3. The fourth-order valence-corrected chi connectivity index (χ4v) is 1.54. The Morgan fingerprint density at radius 3 is 2.33 bits per heavy atom. The van der Waals surface area contributed by atoms with Gasteiger partial charge in [-0.1, -0.05) is 0 Å². The van der Waals surface area contributed by atoms with Gasteiger partial charge in [0.2, 0.25) is 0 Å². The number of aromatic nitrogens is 1. The Balaban J connectivity index is 2.83. The Kier molecular flexibility index (Phi) is 4.70. The molecule has 1 atom stereocenters. The largest absolute Gasteiger partial charge is 0.618 e. The van der Waals surface area contributed by atoms with Crippen molar-refractivity contribution in [3.63, 3.8) is 0 Å². The van der Waals surface area contributed by atoms with Gasteiger partial charge in [-0.3, -0.25) is 0 Å². The molecule has 0 bridgehead atoms. The van der Waals surface area contributed by atoms with Crippen molar-refractivity contribution in [1.29, 1.82) is 0 Å². The zero-order chi connectivity index (χ0) is 16.4. The number of rotatable bonds is 2. The van der Waals surface area contributed by atoms with Crippen molar-refractivity contribution in [1.82, 2.24) is 5.32 Å². The third-order valence-corrected chi connectivity index (χ3v) is 2.46. The van der Waals surface area contributed by atoms with Crippen LogP contribution in [-0.2, 0) is 10.9 Å². The second-order valence-corrected chi connectivity index (χ2v) is 5.54. The Labute approximate surface area is 120 Å². The van der Waals surface area contributed by atoms with E-state index < -0.39 is 29.6 Å². The van der Waals surface area contributed by atoms with Crippen LogP contribution in [0.1, 0.15) is 45.0 Å². The number of nitrogens with one attached hydrogen (secondary N) is 1. The van der Waals surface area contributed by atoms with Crippen molar-refractivity contribution in [2.45, 2.75) is 45.5 Å². The van der Waals surface area contributed by atoms with Gasteiger partial charge in [0, 0.05) is 11.6 Å². The Morgan fingerprint density at radius 2 is 1.90 bits per heavy atom. The minimum absolute atomic E-state index is 0.240. The van der Waals surface area contributed by atoms with Crippen molar-refractivity contribution in [2.24, 2.45) is 0 Å². The molecule has 1 amide bonds. The molecule has 1 N–H and O–H groups in total. The van der Waals surface area contributed by atoms with Crippen LogP contribution in [0.2, 0.25) is 0 Å². The second kappa shape index (κ2) is 5.79. The molecule has 0 aliphatic carbocycles. The van der Waals surface area contributed by atoms with Crippen LogP contribution in [-0.4, -0.2) is 11.7 Å². The Morgan fingerprint density at radius 1 is 1.33 bits per heavy atom. The van der Waals surface area contributed by atoms with E-state index in [-0.39, 0.29) is 10.3 Å². The third kappa shape index (κ3) is 5.13. The summed E-state index contributed by atoms with van der Waals surface area (Å²) in [4.78, 5) is 11.6. The number of alkyl carbamates (subject to hydrolysis) is 1. The monoisotopic (exact) mass is 306 g/mol. The van der Waals surface area contributed by atoms with Crippen molar-refractivity contribution in [2.75, 3.05) is 0 Å². The minimum atomic E-state index is -4.72. The minimum Gasteiger partial charge on any atom is -0.618 e. The number of carbonyl (C=O) groups is 1. The molecule has 1 rings (SSSR count). The average Bonchev–Trinajstić information content (AvgIpc) is 2.23. The second-order valence-electron chi connectivity index (χ2n) is 5.54. The number of nitrogens with zero attached hydrogens (tertiary/aromatic N) is 1. The molecule has 8 heteroatoms. The maximum Gasteiger partial charge on any atom is 0.478 e. The van der Waals surface area contributed by atoms with Crippen molar-refractivity contribution >= 4 is 6.09 Å². The zero-order valence-electron chi connectivity index (χ0n) is 12.1. The Hall–Kier alpha value is -1.99. The smallest absolute Gasteiger partial charge is 0.478 e. The first-order valence-electron chi connectivity index (χ1n) is 6.20. The van der Waals surface area contributed by atoms with Gasteiger partial charge in [-0.25, -0.2) is 4.79 Å². The molecule has 1 aromatic heterocycles. The molecular weight excluding hydrogens is 289 g/mol. The highest BCUT2D eigenvalue weighted by Gasteiger charge is 2.39. The fraction of sp³-hybridized carbons (Fsp3) is 0.538. The van der Waals surface area contributed by atoms with Crippen LogP contribution in [0.15, 0.2) is 18.3 Å². The standard InChI is InChI=1S/C13H17F3N2O3/c1-8(17-11(19)21-12(2,3)4)9-5-6-10(13(14,15)16)18(20)7-9/h5-8H,1-4H3,(H,17,19). The number of carbonyl (C=O) groups excluding carboxylic acids is 1. The van der Waals surface area contributed by atoms with Gasteiger partial charge in [0.15, 0.2) is 6.20 Å². The quantitative estimate of drug-likeness (QED) is 0.675. The highest BCUT2D eigenvalue weighted by Crippen LogP contribution is 2.27. The zero-order valence-corrected chi connectivity index (χ0v) is 12.1. The van der Waals surface area contributed by atoms with Crippen molar-refractivity contribution < 1.29 is 27.4 Å². The number of hydrogen-bond acceptors (Lipinski definition) is 3. The summed E-state index contributed by atoms with van der Waals surface area (Å²) in [7, 11) is 0. The summed E-state index contributed by atoms with van der Waals surface area (Å²) in [5.74, 6) is 0. The van der Waals surface area contributed by atoms with Gasteiger partial charge in [0.1, 0.15) is 5.60 Å². The van der Waals surface area contributed by atoms with E-state index in [1.807, 2.05) is 0 Å². The molecule has 5 nitrogen and oxygen atoms in total. The molecule has 21 heavy (non-hydrogen) atoms. The van der Waals surface area contributed by atoms with Crippen LogP contribution < -0.4 is 10.0 Å². The van der Waals surface area contributed by atoms with Gasteiger partial charge in [0.05, 0.1) is 6.04 Å². The normalized spacial score (nSPS) is 13.7. The summed E-state index contributed by atoms with van der Waals surface area (Å²) >= 11 is 0. The molecule has 0 radical (unpaired) electrons. The van der Waals surface area contributed by atoms with Crippen LogP contribution >= 0.6 is 0 Å². The summed E-state index contributed by atoms with van der Waals surface area (Å²) in [5, 5.41) is 13.8. The molecule has 0 spiro atoms. The average molecular weight is 306 g/mol. The highest BCUT2D eigenvalue weighted by atomic mass is 19.4. The lowest BCUT2D eigenvalue weighted by molar-refractivity contribution is -0.629. The van der Waals surface area contributed by atoms with E-state index in [2.05, 4.69) is 5.32 Å². The first-order valence-corrected chi connectivity index (χ1v) is 6.20. The van der Waals surface area contributed by atoms with Gasteiger partial charge in [-0.15, -0.1) is 0 Å². The van der Waals surface area contributed by atoms with E-state index in [1.165, 1.54) is 6.92 Å². The molecule has 0 fully saturated rings. The van der Waals surface area contributed by atoms with Crippen LogP contribution in [0, 0.1) is 5.21 Å². The molecule has 0 saturated heterocycles. The van der Waals surface area contributed by atoms with Gasteiger partial charge in [-0.2, -0.15) is 17.9 Å². The van der Waals surface area contributed by atoms with Crippen LogP contribution in [0.25, 0.3) is 0 Å². The van der Waals surface area contributed by atoms with Gasteiger partial charge in [-0.05, 0) is 33.8 Å². The van der Waals surface area contributed by atoms with Gasteiger partial charge in [0.25, 0.3) is 5.69 Å². The maximum absolute atomic E-state index is 12.5. The summed E-state index contributed by atoms with van der Waals surface area (Å²) in [5.41, 5.74) is -1.76. The lowest BCUT2D eigenvalue weighted by Crippen LogP contribution is -2.38. The Bertz CT molecular complexity index is 524. The summed E-state index contributed by atoms with van der Waals surface area (Å²) in [6.45, 7) is 6.58. The lowest BCUT2D eigenvalue weighted by Gasteiger charge is -2.22. The topological polar surface area (TPSA) is 65.3 Å². The molecule has 1 unspecified atom stereocenters. The third-order valence-electron chi connectivity index (χ3n) is 2.46. The SMILES string of the molecule is CC(NC(=O)OC(C)(C)C)c1ccc(C(F)(F)F)[n+]([O-])c1. The maximum atomic E-state index is 12.5. The van der Waals surface area contributed by atoms with E-state index in [4.69, 9.17) is 4.74 Å². The first kappa shape index (κ1) is 17.1. The summed E-state index contributed by atoms with van der Waals surface area (Å²) in [6, 6.07) is 1.15. The summed E-state index contributed by atoms with van der Waals surface area (Å²) in [6.07, 6.45) is -4.65. The van der Waals surface area contributed by atoms with Gasteiger partial charge < -0.3 is 15.3 Å². The van der Waals surface area contributed by atoms with E-state index in [1.54, 1.807) is 20.8 Å². The number of pyridine rings is 1. The molecule has 0 saturated carbocycles. The molecule has 0 aliphatic rings. The number of hydrogen-bond donors (Lipinski definition) is 1. The van der Waals surface area contributed by atoms with Crippen molar-refractivity contribution in [3.8, 4) is 0 Å². The highest BCUT2D eigenvalue weighted by molar-refractivity contribution is 5.68. The van der Waals surface area contributed by atoms with Crippen molar-refractivity contribution in [3.05, 3.63) is 34.8 Å². The predicted molar refractivity (Wildman–Crippen MR) is 68.2 cm³/mol. The molecule has 0 aromatic carbocycles. The fourth-order valence-electron chi connectivity index (χ4n) is 1.54. The molecule has 1 aromatic rings. The van der Waals surface area contributed by atoms with E-state index in [0.29, 0.717) is 6.07 Å². The van der Waals surface area contributed by atoms with E-state index in [0.717, 1.165) is 12.3 Å². The van der Waals surface area contributed by atoms with E-state index >= 15 is 0 Å². The van der Waals surface area contributed by atoms with Crippen LogP contribution in [0.5, 0.6) is 0 Å². The predicted octanol–water partition coefficient (Wildman–Crippen LogP) is 2.92. The molecule has 118 valence electrons. The number of halogens is 3. The molecule has 0 aliphatic heterocycles. The van der Waals surface area contributed by atoms with Crippen LogP contribution in [0.3, 0.4) is 0 Å². The van der Waals surface area contributed by atoms with E-state index in [9.17, 15) is 23.2 Å². The number of alkyl halides is 3. The number of ether oxygens (including phenoxy) is 1. The first-order chi connectivity index (χ1) is 9.40. The van der Waals surface area contributed by atoms with Gasteiger partial charge >= 0.3 is 12.3 Å². The lowest BCUT2D eigenvalue weighted by atomic mass is 10.1. The molecule has 1 heterocycles. The number of amides is 1. The summed E-state index contributed by atoms with van der Waals surface area (Å²) < 4.78 is 42.2.